The Labute approximate surface area is 222 Å². The summed E-state index contributed by atoms with van der Waals surface area (Å²) < 4.78 is 7.64. The van der Waals surface area contributed by atoms with E-state index < -0.39 is 0 Å². The van der Waals surface area contributed by atoms with Crippen LogP contribution in [0.5, 0.6) is 5.75 Å². The van der Waals surface area contributed by atoms with Gasteiger partial charge in [0.1, 0.15) is 5.75 Å². The summed E-state index contributed by atoms with van der Waals surface area (Å²) in [4.78, 5) is 6.96. The highest BCUT2D eigenvalue weighted by Gasteiger charge is 2.41. The minimum absolute atomic E-state index is 0.0334. The molecule has 0 aliphatic carbocycles. The second-order valence-electron chi connectivity index (χ2n) is 9.20. The summed E-state index contributed by atoms with van der Waals surface area (Å²) in [5.74, 6) is 0.837. The van der Waals surface area contributed by atoms with Crippen molar-refractivity contribution in [1.29, 1.82) is 0 Å². The van der Waals surface area contributed by atoms with Crippen molar-refractivity contribution in [2.24, 2.45) is 0 Å². The lowest BCUT2D eigenvalue weighted by molar-refractivity contribution is 0.310. The van der Waals surface area contributed by atoms with E-state index in [0.29, 0.717) is 6.54 Å². The Bertz CT molecular complexity index is 1400. The zero-order valence-corrected chi connectivity index (χ0v) is 22.4. The lowest BCUT2D eigenvalue weighted by atomic mass is 9.96. The first-order chi connectivity index (χ1) is 17.4. The van der Waals surface area contributed by atoms with Gasteiger partial charge in [-0.1, -0.05) is 35.9 Å². The summed E-state index contributed by atoms with van der Waals surface area (Å²) in [5, 5.41) is 5.01. The zero-order chi connectivity index (χ0) is 25.4. The Hall–Kier alpha value is -3.35. The van der Waals surface area contributed by atoms with Crippen LogP contribution in [0.2, 0.25) is 5.02 Å². The maximum absolute atomic E-state index is 6.40. The fourth-order valence-corrected chi connectivity index (χ4v) is 5.59. The van der Waals surface area contributed by atoms with Gasteiger partial charge in [0, 0.05) is 34.8 Å². The molecule has 5 nitrogen and oxygen atoms in total. The number of benzene rings is 2. The summed E-state index contributed by atoms with van der Waals surface area (Å²) in [5.41, 5.74) is 7.91. The molecule has 2 aromatic carbocycles. The number of ether oxygens (including phenoxy) is 1. The molecule has 7 heteroatoms. The molecule has 0 unspecified atom stereocenters. The number of rotatable bonds is 6. The smallest absolute Gasteiger partial charge is 0.170 e. The van der Waals surface area contributed by atoms with Gasteiger partial charge in [0.25, 0.3) is 0 Å². The summed E-state index contributed by atoms with van der Waals surface area (Å²) in [7, 11) is 1.68. The minimum Gasteiger partial charge on any atom is -0.497 e. The van der Waals surface area contributed by atoms with Crippen LogP contribution in [0.15, 0.2) is 72.9 Å². The van der Waals surface area contributed by atoms with Crippen molar-refractivity contribution in [3.8, 4) is 11.4 Å². The van der Waals surface area contributed by atoms with Crippen LogP contribution in [-0.2, 0) is 6.54 Å². The molecule has 0 radical (unpaired) electrons. The number of nitrogens with one attached hydrogen (secondary N) is 1. The van der Waals surface area contributed by atoms with E-state index >= 15 is 0 Å². The molecule has 2 atom stereocenters. The molecule has 36 heavy (non-hydrogen) atoms. The molecule has 5 rings (SSSR count). The predicted octanol–water partition coefficient (Wildman–Crippen LogP) is 6.63. The van der Waals surface area contributed by atoms with Crippen LogP contribution in [0.1, 0.15) is 45.9 Å². The van der Waals surface area contributed by atoms with Gasteiger partial charge in [0.2, 0.25) is 0 Å². The summed E-state index contributed by atoms with van der Waals surface area (Å²) in [6.45, 7) is 7.10. The molecule has 0 spiro atoms. The summed E-state index contributed by atoms with van der Waals surface area (Å²) >= 11 is 12.3. The molecule has 4 aromatic rings. The van der Waals surface area contributed by atoms with Gasteiger partial charge in [-0.05, 0) is 92.1 Å². The van der Waals surface area contributed by atoms with Gasteiger partial charge >= 0.3 is 0 Å². The molecule has 1 N–H and O–H groups in total. The van der Waals surface area contributed by atoms with Crippen molar-refractivity contribution in [3.05, 3.63) is 112 Å². The van der Waals surface area contributed by atoms with Crippen LogP contribution in [0.4, 0.5) is 0 Å². The molecule has 0 amide bonds. The molecule has 1 saturated heterocycles. The number of aromatic nitrogens is 2. The first-order valence-electron chi connectivity index (χ1n) is 11.9. The first kappa shape index (κ1) is 24.3. The van der Waals surface area contributed by atoms with Gasteiger partial charge in [0.05, 0.1) is 24.9 Å². The van der Waals surface area contributed by atoms with Crippen molar-refractivity contribution in [3.63, 3.8) is 0 Å². The number of pyridine rings is 1. The second kappa shape index (κ2) is 9.96. The van der Waals surface area contributed by atoms with E-state index in [4.69, 9.17) is 28.6 Å². The van der Waals surface area contributed by atoms with E-state index in [1.807, 2.05) is 42.6 Å². The number of methoxy groups -OCH3 is 1. The number of hydrogen-bond donors (Lipinski definition) is 1. The third-order valence-electron chi connectivity index (χ3n) is 6.91. The Morgan fingerprint density at radius 3 is 2.50 bits per heavy atom. The van der Waals surface area contributed by atoms with E-state index in [-0.39, 0.29) is 12.1 Å². The third kappa shape index (κ3) is 4.47. The summed E-state index contributed by atoms with van der Waals surface area (Å²) in [6.07, 6.45) is 1.84. The number of hydrogen-bond acceptors (Lipinski definition) is 3. The lowest BCUT2D eigenvalue weighted by Gasteiger charge is -2.28. The van der Waals surface area contributed by atoms with Crippen molar-refractivity contribution >= 4 is 28.9 Å². The number of aryl methyl sites for hydroxylation is 2. The topological polar surface area (TPSA) is 42.3 Å². The minimum atomic E-state index is -0.0774. The van der Waals surface area contributed by atoms with Gasteiger partial charge in [0.15, 0.2) is 5.11 Å². The first-order valence-corrected chi connectivity index (χ1v) is 12.7. The summed E-state index contributed by atoms with van der Waals surface area (Å²) in [6, 6.07) is 22.4. The third-order valence-corrected chi connectivity index (χ3v) is 7.50. The van der Waals surface area contributed by atoms with Crippen molar-refractivity contribution in [2.45, 2.75) is 39.4 Å². The van der Waals surface area contributed by atoms with Crippen molar-refractivity contribution < 1.29 is 4.74 Å². The molecular weight excluding hydrogens is 488 g/mol. The molecular formula is C29H29ClN4OS. The molecule has 3 heterocycles. The molecule has 1 aliphatic rings. The van der Waals surface area contributed by atoms with Crippen LogP contribution in [0.25, 0.3) is 5.69 Å². The largest absolute Gasteiger partial charge is 0.497 e. The molecule has 2 aromatic heterocycles. The number of nitrogens with zero attached hydrogens (tertiary/aromatic N) is 3. The molecule has 0 bridgehead atoms. The van der Waals surface area contributed by atoms with E-state index in [2.05, 4.69) is 70.9 Å². The average molecular weight is 517 g/mol. The molecule has 1 aliphatic heterocycles. The van der Waals surface area contributed by atoms with Crippen molar-refractivity contribution in [1.82, 2.24) is 19.8 Å². The van der Waals surface area contributed by atoms with Gasteiger partial charge in [-0.3, -0.25) is 4.98 Å². The molecule has 184 valence electrons. The lowest BCUT2D eigenvalue weighted by Crippen LogP contribution is -2.29. The highest BCUT2D eigenvalue weighted by molar-refractivity contribution is 7.80. The average Bonchev–Trinajstić information content (AvgIpc) is 3.36. The maximum Gasteiger partial charge on any atom is 0.170 e. The Morgan fingerprint density at radius 2 is 1.81 bits per heavy atom. The van der Waals surface area contributed by atoms with Crippen LogP contribution >= 0.6 is 23.8 Å². The predicted molar refractivity (Wildman–Crippen MR) is 149 cm³/mol. The highest BCUT2D eigenvalue weighted by Crippen LogP contribution is 2.42. The maximum atomic E-state index is 6.40. The van der Waals surface area contributed by atoms with Crippen LogP contribution in [0.3, 0.4) is 0 Å². The van der Waals surface area contributed by atoms with Gasteiger partial charge in [-0.15, -0.1) is 0 Å². The normalized spacial score (nSPS) is 17.4. The van der Waals surface area contributed by atoms with E-state index in [9.17, 15) is 0 Å². The standard InChI is InChI=1S/C29H29ClN4OS/c1-18-8-11-22(30)16-26(18)34-19(2)15-24(20(34)3)28-27(25-7-5-6-14-31-25)32-29(36)33(28)17-21-9-12-23(35-4)13-10-21/h5-16,27-28H,17H2,1-4H3,(H,32,36)/t27-,28-/m0/s1. The number of thiocarbonyl (C=S) groups is 1. The van der Waals surface area contributed by atoms with Crippen molar-refractivity contribution in [2.75, 3.05) is 7.11 Å². The van der Waals surface area contributed by atoms with Crippen LogP contribution < -0.4 is 10.1 Å². The fourth-order valence-electron chi connectivity index (χ4n) is 5.12. The van der Waals surface area contributed by atoms with Crippen LogP contribution in [0, 0.1) is 20.8 Å². The fraction of sp³-hybridized carbons (Fsp3) is 0.241. The van der Waals surface area contributed by atoms with Gasteiger partial charge < -0.3 is 19.5 Å². The Kier molecular flexibility index (Phi) is 6.73. The van der Waals surface area contributed by atoms with E-state index in [1.165, 1.54) is 11.1 Å². The monoisotopic (exact) mass is 516 g/mol. The molecule has 0 saturated carbocycles. The SMILES string of the molecule is COc1ccc(CN2C(=S)N[C@@H](c3ccccn3)[C@@H]2c2cc(C)n(-c3cc(Cl)ccc3C)c2C)cc1. The second-order valence-corrected chi connectivity index (χ2v) is 10.0. The molecule has 1 fully saturated rings. The van der Waals surface area contributed by atoms with E-state index in [1.54, 1.807) is 7.11 Å². The zero-order valence-electron chi connectivity index (χ0n) is 20.8. The Balaban J connectivity index is 1.61. The highest BCUT2D eigenvalue weighted by atomic mass is 35.5. The Morgan fingerprint density at radius 1 is 1.03 bits per heavy atom. The number of halogens is 1. The quantitative estimate of drug-likeness (QED) is 0.291. The van der Waals surface area contributed by atoms with E-state index in [0.717, 1.165) is 44.2 Å². The van der Waals surface area contributed by atoms with Crippen LogP contribution in [-0.4, -0.2) is 26.7 Å². The van der Waals surface area contributed by atoms with Gasteiger partial charge in [-0.25, -0.2) is 0 Å². The van der Waals surface area contributed by atoms with Gasteiger partial charge in [-0.2, -0.15) is 0 Å².